The van der Waals surface area contributed by atoms with E-state index >= 15 is 0 Å². The predicted molar refractivity (Wildman–Crippen MR) is 89.7 cm³/mol. The van der Waals surface area contributed by atoms with Crippen LogP contribution in [0.2, 0.25) is 0 Å². The van der Waals surface area contributed by atoms with E-state index in [4.69, 9.17) is 4.74 Å². The molecular formula is C16H22N2O5S. The molecule has 1 aromatic rings. The average Bonchev–Trinajstić information content (AvgIpc) is 2.62. The first-order chi connectivity index (χ1) is 11.4. The maximum Gasteiger partial charge on any atom is 0.341 e. The van der Waals surface area contributed by atoms with Crippen molar-refractivity contribution in [3.63, 3.8) is 0 Å². The lowest BCUT2D eigenvalue weighted by Gasteiger charge is -2.21. The van der Waals surface area contributed by atoms with Gasteiger partial charge in [-0.3, -0.25) is 4.79 Å². The summed E-state index contributed by atoms with van der Waals surface area (Å²) in [5.41, 5.74) is 0.296. The molecule has 1 rings (SSSR count). The molecule has 1 amide bonds. The van der Waals surface area contributed by atoms with Gasteiger partial charge < -0.3 is 14.8 Å². The second-order valence-electron chi connectivity index (χ2n) is 5.09. The molecule has 0 spiro atoms. The van der Waals surface area contributed by atoms with Crippen molar-refractivity contribution in [3.8, 4) is 0 Å². The highest BCUT2D eigenvalue weighted by molar-refractivity contribution is 7.98. The van der Waals surface area contributed by atoms with Gasteiger partial charge in [-0.15, -0.1) is 11.8 Å². The molecule has 1 heterocycles. The average molecular weight is 354 g/mol. The highest BCUT2D eigenvalue weighted by atomic mass is 32.2. The quantitative estimate of drug-likeness (QED) is 0.560. The minimum Gasteiger partial charge on any atom is -0.467 e. The molecule has 24 heavy (non-hydrogen) atoms. The number of ether oxygens (including phenoxy) is 2. The first kappa shape index (κ1) is 20.0. The first-order valence-corrected chi connectivity index (χ1v) is 8.70. The summed E-state index contributed by atoms with van der Waals surface area (Å²) in [5.74, 6) is -1.83. The highest BCUT2D eigenvalue weighted by Gasteiger charge is 2.27. The van der Waals surface area contributed by atoms with Crippen LogP contribution in [0, 0.1) is 5.92 Å². The molecule has 0 radical (unpaired) electrons. The molecule has 0 fully saturated rings. The van der Waals surface area contributed by atoms with Crippen molar-refractivity contribution in [2.45, 2.75) is 31.3 Å². The van der Waals surface area contributed by atoms with Gasteiger partial charge in [0, 0.05) is 6.20 Å². The van der Waals surface area contributed by atoms with E-state index in [1.54, 1.807) is 24.6 Å². The number of aromatic nitrogens is 1. The Bertz CT molecular complexity index is 594. The third-order valence-corrected chi connectivity index (χ3v) is 4.22. The van der Waals surface area contributed by atoms with Crippen LogP contribution in [0.15, 0.2) is 23.4 Å². The Hall–Kier alpha value is -2.09. The third kappa shape index (κ3) is 5.52. The van der Waals surface area contributed by atoms with Crippen LogP contribution in [0.5, 0.6) is 0 Å². The van der Waals surface area contributed by atoms with E-state index in [0.717, 1.165) is 0 Å². The second kappa shape index (κ2) is 9.92. The molecule has 0 saturated carbocycles. The summed E-state index contributed by atoms with van der Waals surface area (Å²) in [6.45, 7) is 3.25. The fourth-order valence-electron chi connectivity index (χ4n) is 1.93. The van der Waals surface area contributed by atoms with Crippen molar-refractivity contribution in [1.82, 2.24) is 10.3 Å². The van der Waals surface area contributed by atoms with E-state index in [-0.39, 0.29) is 5.92 Å². The Labute approximate surface area is 145 Å². The maximum absolute atomic E-state index is 12.0. The van der Waals surface area contributed by atoms with Gasteiger partial charge in [0.25, 0.3) is 5.91 Å². The fraction of sp³-hybridized carbons (Fsp3) is 0.500. The second-order valence-corrected chi connectivity index (χ2v) is 5.89. The van der Waals surface area contributed by atoms with Gasteiger partial charge in [0.15, 0.2) is 6.61 Å². The number of rotatable bonds is 8. The molecule has 0 bridgehead atoms. The van der Waals surface area contributed by atoms with Crippen LogP contribution >= 0.6 is 11.8 Å². The molecular weight excluding hydrogens is 332 g/mol. The summed E-state index contributed by atoms with van der Waals surface area (Å²) < 4.78 is 9.69. The van der Waals surface area contributed by atoms with Crippen molar-refractivity contribution in [3.05, 3.63) is 23.9 Å². The van der Waals surface area contributed by atoms with Gasteiger partial charge in [-0.05, 0) is 24.3 Å². The Morgan fingerprint density at radius 3 is 2.67 bits per heavy atom. The molecule has 0 aliphatic carbocycles. The topological polar surface area (TPSA) is 94.6 Å². The number of nitrogens with one attached hydrogen (secondary N) is 1. The number of carbonyl (C=O) groups is 3. The number of thioether (sulfide) groups is 1. The van der Waals surface area contributed by atoms with Crippen LogP contribution in [-0.2, 0) is 19.1 Å². The van der Waals surface area contributed by atoms with E-state index in [1.165, 1.54) is 18.9 Å². The number of carbonyl (C=O) groups excluding carboxylic acids is 3. The number of hydrogen-bond donors (Lipinski definition) is 1. The maximum atomic E-state index is 12.0. The molecule has 132 valence electrons. The minimum absolute atomic E-state index is 0.0986. The number of esters is 2. The summed E-state index contributed by atoms with van der Waals surface area (Å²) >= 11 is 1.31. The summed E-state index contributed by atoms with van der Waals surface area (Å²) in [7, 11) is 1.26. The Balaban J connectivity index is 2.64. The van der Waals surface area contributed by atoms with E-state index in [2.05, 4.69) is 15.0 Å². The number of amides is 1. The molecule has 0 aliphatic heterocycles. The number of methoxy groups -OCH3 is 1. The van der Waals surface area contributed by atoms with Crippen LogP contribution in [-0.4, -0.2) is 48.8 Å². The van der Waals surface area contributed by atoms with E-state index in [9.17, 15) is 14.4 Å². The zero-order chi connectivity index (χ0) is 18.1. The molecule has 0 unspecified atom stereocenters. The summed E-state index contributed by atoms with van der Waals surface area (Å²) in [4.78, 5) is 39.8. The lowest BCUT2D eigenvalue weighted by molar-refractivity contribution is -0.147. The fourth-order valence-corrected chi connectivity index (χ4v) is 2.47. The smallest absolute Gasteiger partial charge is 0.341 e. The zero-order valence-corrected chi connectivity index (χ0v) is 15.0. The molecule has 7 nitrogen and oxygen atoms in total. The van der Waals surface area contributed by atoms with Crippen molar-refractivity contribution in [2.24, 2.45) is 5.92 Å². The predicted octanol–water partition coefficient (Wildman–Crippen LogP) is 1.66. The lowest BCUT2D eigenvalue weighted by Crippen LogP contribution is -2.47. The van der Waals surface area contributed by atoms with Crippen LogP contribution in [0.3, 0.4) is 0 Å². The molecule has 2 atom stereocenters. The Morgan fingerprint density at radius 1 is 1.38 bits per heavy atom. The Kier molecular flexibility index (Phi) is 8.25. The summed E-state index contributed by atoms with van der Waals surface area (Å²) in [6.07, 6.45) is 4.05. The van der Waals surface area contributed by atoms with E-state index in [1.807, 2.05) is 13.8 Å². The standard InChI is InChI=1S/C16H22N2O5S/c1-5-10(2)13(16(21)22-3)18-12(19)9-23-15(20)11-7-6-8-17-14(11)24-4/h6-8,10,13H,5,9H2,1-4H3,(H,18,19)/t10-,13-/m1/s1. The third-order valence-electron chi connectivity index (χ3n) is 3.50. The van der Waals surface area contributed by atoms with Crippen LogP contribution < -0.4 is 5.32 Å². The van der Waals surface area contributed by atoms with Gasteiger partial charge in [-0.1, -0.05) is 20.3 Å². The van der Waals surface area contributed by atoms with Crippen molar-refractivity contribution >= 4 is 29.6 Å². The van der Waals surface area contributed by atoms with Gasteiger partial charge >= 0.3 is 11.9 Å². The van der Waals surface area contributed by atoms with Crippen LogP contribution in [0.4, 0.5) is 0 Å². The molecule has 0 aromatic carbocycles. The largest absolute Gasteiger partial charge is 0.467 e. The first-order valence-electron chi connectivity index (χ1n) is 7.47. The van der Waals surface area contributed by atoms with Gasteiger partial charge in [-0.2, -0.15) is 0 Å². The lowest BCUT2D eigenvalue weighted by atomic mass is 9.99. The number of hydrogen-bond acceptors (Lipinski definition) is 7. The normalized spacial score (nSPS) is 12.8. The van der Waals surface area contributed by atoms with Gasteiger partial charge in [0.2, 0.25) is 0 Å². The van der Waals surface area contributed by atoms with E-state index < -0.39 is 30.5 Å². The Morgan fingerprint density at radius 2 is 2.08 bits per heavy atom. The van der Waals surface area contributed by atoms with Crippen LogP contribution in [0.25, 0.3) is 0 Å². The highest BCUT2D eigenvalue weighted by Crippen LogP contribution is 2.17. The molecule has 0 saturated heterocycles. The SMILES string of the molecule is CC[C@@H](C)[C@@H](NC(=O)COC(=O)c1cccnc1SC)C(=O)OC. The molecule has 1 aromatic heterocycles. The van der Waals surface area contributed by atoms with Crippen molar-refractivity contribution in [2.75, 3.05) is 20.0 Å². The molecule has 1 N–H and O–H groups in total. The van der Waals surface area contributed by atoms with E-state index in [0.29, 0.717) is 17.0 Å². The van der Waals surface area contributed by atoms with Gasteiger partial charge in [0.1, 0.15) is 11.1 Å². The number of pyridine rings is 1. The summed E-state index contributed by atoms with van der Waals surface area (Å²) in [6, 6.07) is 2.42. The molecule has 8 heteroatoms. The van der Waals surface area contributed by atoms with Gasteiger partial charge in [0.05, 0.1) is 12.7 Å². The van der Waals surface area contributed by atoms with Gasteiger partial charge in [-0.25, -0.2) is 14.6 Å². The van der Waals surface area contributed by atoms with Crippen molar-refractivity contribution < 1.29 is 23.9 Å². The number of nitrogens with zero attached hydrogens (tertiary/aromatic N) is 1. The minimum atomic E-state index is -0.772. The monoisotopic (exact) mass is 354 g/mol. The molecule has 0 aliphatic rings. The van der Waals surface area contributed by atoms with Crippen LogP contribution in [0.1, 0.15) is 30.6 Å². The van der Waals surface area contributed by atoms with Crippen molar-refractivity contribution in [1.29, 1.82) is 0 Å². The zero-order valence-electron chi connectivity index (χ0n) is 14.2. The summed E-state index contributed by atoms with van der Waals surface area (Å²) in [5, 5.41) is 3.07.